The van der Waals surface area contributed by atoms with Crippen molar-refractivity contribution in [1.29, 1.82) is 0 Å². The maximum absolute atomic E-state index is 12.1. The summed E-state index contributed by atoms with van der Waals surface area (Å²) >= 11 is 11.8. The van der Waals surface area contributed by atoms with E-state index in [1.165, 1.54) is 13.2 Å². The molecule has 0 radical (unpaired) electrons. The molecule has 0 aliphatic carbocycles. The first-order chi connectivity index (χ1) is 9.11. The maximum Gasteiger partial charge on any atom is 0.255 e. The van der Waals surface area contributed by atoms with Gasteiger partial charge in [0.05, 0.1) is 22.7 Å². The number of ether oxygens (including phenoxy) is 1. The van der Waals surface area contributed by atoms with E-state index in [2.05, 4.69) is 10.6 Å². The van der Waals surface area contributed by atoms with Crippen LogP contribution in [0, 0.1) is 0 Å². The zero-order valence-corrected chi connectivity index (χ0v) is 12.1. The first-order valence-corrected chi connectivity index (χ1v) is 6.92. The average Bonchev–Trinajstić information content (AvgIpc) is 2.91. The van der Waals surface area contributed by atoms with Gasteiger partial charge in [0.25, 0.3) is 5.91 Å². The standard InChI is InChI=1S/C13H16Cl2N2O2/c1-19-12-6-11(15)10(14)5-9(12)13(18)17-7-8-3-2-4-16-8/h5-6,8,16H,2-4,7H2,1H3,(H,17,18). The van der Waals surface area contributed by atoms with Crippen molar-refractivity contribution in [3.8, 4) is 5.75 Å². The van der Waals surface area contributed by atoms with Crippen molar-refractivity contribution in [2.75, 3.05) is 20.2 Å². The third-order valence-corrected chi connectivity index (χ3v) is 3.88. The predicted octanol–water partition coefficient (Wildman–Crippen LogP) is 2.48. The number of hydrogen-bond donors (Lipinski definition) is 2. The number of carbonyl (C=O) groups is 1. The van der Waals surface area contributed by atoms with Crippen molar-refractivity contribution >= 4 is 29.1 Å². The van der Waals surface area contributed by atoms with Crippen LogP contribution in [-0.2, 0) is 0 Å². The predicted molar refractivity (Wildman–Crippen MR) is 76.4 cm³/mol. The fraction of sp³-hybridized carbons (Fsp3) is 0.462. The molecule has 6 heteroatoms. The molecule has 1 atom stereocenters. The van der Waals surface area contributed by atoms with Crippen LogP contribution in [0.1, 0.15) is 23.2 Å². The summed E-state index contributed by atoms with van der Waals surface area (Å²) in [4.78, 5) is 12.1. The fourth-order valence-electron chi connectivity index (χ4n) is 2.12. The highest BCUT2D eigenvalue weighted by Crippen LogP contribution is 2.30. The summed E-state index contributed by atoms with van der Waals surface area (Å²) in [6.07, 6.45) is 2.23. The fourth-order valence-corrected chi connectivity index (χ4v) is 2.43. The first-order valence-electron chi connectivity index (χ1n) is 6.16. The van der Waals surface area contributed by atoms with Crippen molar-refractivity contribution in [3.63, 3.8) is 0 Å². The summed E-state index contributed by atoms with van der Waals surface area (Å²) in [7, 11) is 1.49. The highest BCUT2D eigenvalue weighted by atomic mass is 35.5. The Kier molecular flexibility index (Phi) is 4.91. The number of halogens is 2. The summed E-state index contributed by atoms with van der Waals surface area (Å²) in [6, 6.07) is 3.42. The lowest BCUT2D eigenvalue weighted by atomic mass is 10.1. The van der Waals surface area contributed by atoms with Gasteiger partial charge in [-0.3, -0.25) is 4.79 Å². The van der Waals surface area contributed by atoms with E-state index in [-0.39, 0.29) is 5.91 Å². The highest BCUT2D eigenvalue weighted by molar-refractivity contribution is 6.42. The van der Waals surface area contributed by atoms with Crippen LogP contribution < -0.4 is 15.4 Å². The molecular formula is C13H16Cl2N2O2. The van der Waals surface area contributed by atoms with Gasteiger partial charge >= 0.3 is 0 Å². The second-order valence-electron chi connectivity index (χ2n) is 4.47. The number of rotatable bonds is 4. The number of hydrogen-bond acceptors (Lipinski definition) is 3. The Bertz CT molecular complexity index is 474. The van der Waals surface area contributed by atoms with Crippen LogP contribution in [0.4, 0.5) is 0 Å². The van der Waals surface area contributed by atoms with Crippen LogP contribution in [0.15, 0.2) is 12.1 Å². The average molecular weight is 303 g/mol. The Balaban J connectivity index is 2.07. The summed E-state index contributed by atoms with van der Waals surface area (Å²) in [5, 5.41) is 6.91. The quantitative estimate of drug-likeness (QED) is 0.898. The van der Waals surface area contributed by atoms with Gasteiger partial charge in [-0.05, 0) is 25.5 Å². The third-order valence-electron chi connectivity index (χ3n) is 3.16. The smallest absolute Gasteiger partial charge is 0.255 e. The molecule has 1 amide bonds. The number of benzene rings is 1. The van der Waals surface area contributed by atoms with Gasteiger partial charge in [-0.1, -0.05) is 23.2 Å². The molecule has 1 aliphatic rings. The molecule has 1 aliphatic heterocycles. The Morgan fingerprint density at radius 2 is 2.21 bits per heavy atom. The number of methoxy groups -OCH3 is 1. The van der Waals surface area contributed by atoms with Crippen LogP contribution in [0.25, 0.3) is 0 Å². The summed E-state index contributed by atoms with van der Waals surface area (Å²) < 4.78 is 5.15. The molecule has 0 saturated carbocycles. The normalized spacial score (nSPS) is 18.4. The lowest BCUT2D eigenvalue weighted by Gasteiger charge is -2.13. The molecule has 2 rings (SSSR count). The summed E-state index contributed by atoms with van der Waals surface area (Å²) in [5.74, 6) is 0.218. The van der Waals surface area contributed by atoms with Crippen molar-refractivity contribution in [2.45, 2.75) is 18.9 Å². The molecule has 19 heavy (non-hydrogen) atoms. The second-order valence-corrected chi connectivity index (χ2v) is 5.28. The molecular weight excluding hydrogens is 287 g/mol. The number of carbonyl (C=O) groups excluding carboxylic acids is 1. The van der Waals surface area contributed by atoms with Crippen LogP contribution in [0.5, 0.6) is 5.75 Å². The number of amides is 1. The SMILES string of the molecule is COc1cc(Cl)c(Cl)cc1C(=O)NCC1CCCN1. The van der Waals surface area contributed by atoms with E-state index in [4.69, 9.17) is 27.9 Å². The van der Waals surface area contributed by atoms with Crippen molar-refractivity contribution in [1.82, 2.24) is 10.6 Å². The lowest BCUT2D eigenvalue weighted by Crippen LogP contribution is -2.37. The van der Waals surface area contributed by atoms with Crippen molar-refractivity contribution in [2.24, 2.45) is 0 Å². The Hall–Kier alpha value is -0.970. The molecule has 104 valence electrons. The van der Waals surface area contributed by atoms with E-state index in [9.17, 15) is 4.79 Å². The van der Waals surface area contributed by atoms with Crippen molar-refractivity contribution in [3.05, 3.63) is 27.7 Å². The monoisotopic (exact) mass is 302 g/mol. The zero-order chi connectivity index (χ0) is 13.8. The van der Waals surface area contributed by atoms with Gasteiger partial charge in [0, 0.05) is 18.7 Å². The Morgan fingerprint density at radius 3 is 2.84 bits per heavy atom. The van der Waals surface area contributed by atoms with E-state index >= 15 is 0 Å². The lowest BCUT2D eigenvalue weighted by molar-refractivity contribution is 0.0947. The maximum atomic E-state index is 12.1. The van der Waals surface area contributed by atoms with E-state index in [1.807, 2.05) is 0 Å². The third kappa shape index (κ3) is 3.53. The van der Waals surface area contributed by atoms with E-state index in [1.54, 1.807) is 6.07 Å². The van der Waals surface area contributed by atoms with Gasteiger partial charge in [-0.2, -0.15) is 0 Å². The van der Waals surface area contributed by atoms with Gasteiger partial charge < -0.3 is 15.4 Å². The van der Waals surface area contributed by atoms with Crippen LogP contribution in [-0.4, -0.2) is 32.1 Å². The van der Waals surface area contributed by atoms with E-state index < -0.39 is 0 Å². The Labute approximate surface area is 122 Å². The molecule has 1 saturated heterocycles. The molecule has 1 aromatic rings. The minimum absolute atomic E-state index is 0.205. The molecule has 2 N–H and O–H groups in total. The van der Waals surface area contributed by atoms with Gasteiger partial charge in [0.2, 0.25) is 0 Å². The molecule has 1 aromatic carbocycles. The molecule has 1 heterocycles. The van der Waals surface area contributed by atoms with Crippen LogP contribution >= 0.6 is 23.2 Å². The van der Waals surface area contributed by atoms with Crippen molar-refractivity contribution < 1.29 is 9.53 Å². The highest BCUT2D eigenvalue weighted by Gasteiger charge is 2.18. The molecule has 0 bridgehead atoms. The summed E-state index contributed by atoms with van der Waals surface area (Å²) in [6.45, 7) is 1.61. The minimum atomic E-state index is -0.205. The van der Waals surface area contributed by atoms with Crippen LogP contribution in [0.3, 0.4) is 0 Å². The molecule has 1 fully saturated rings. The topological polar surface area (TPSA) is 50.4 Å². The molecule has 4 nitrogen and oxygen atoms in total. The minimum Gasteiger partial charge on any atom is -0.496 e. The zero-order valence-electron chi connectivity index (χ0n) is 10.6. The second kappa shape index (κ2) is 6.46. The number of nitrogens with one attached hydrogen (secondary N) is 2. The molecule has 1 unspecified atom stereocenters. The Morgan fingerprint density at radius 1 is 1.47 bits per heavy atom. The van der Waals surface area contributed by atoms with Gasteiger partial charge in [-0.25, -0.2) is 0 Å². The molecule has 0 aromatic heterocycles. The molecule has 0 spiro atoms. The first kappa shape index (κ1) is 14.4. The largest absolute Gasteiger partial charge is 0.496 e. The van der Waals surface area contributed by atoms with Gasteiger partial charge in [0.15, 0.2) is 0 Å². The summed E-state index contributed by atoms with van der Waals surface area (Å²) in [5.41, 5.74) is 0.398. The van der Waals surface area contributed by atoms with Gasteiger partial charge in [-0.15, -0.1) is 0 Å². The van der Waals surface area contributed by atoms with E-state index in [0.29, 0.717) is 33.9 Å². The van der Waals surface area contributed by atoms with E-state index in [0.717, 1.165) is 19.4 Å². The van der Waals surface area contributed by atoms with Gasteiger partial charge in [0.1, 0.15) is 5.75 Å². The van der Waals surface area contributed by atoms with Crippen LogP contribution in [0.2, 0.25) is 10.0 Å².